The average molecular weight is 378 g/mol. The summed E-state index contributed by atoms with van der Waals surface area (Å²) in [6.07, 6.45) is 0. The zero-order chi connectivity index (χ0) is 20.7. The standard InChI is InChI=1S/C24H26O4/c1-12-8-20-19(10-22(25)28-21(20)9-13(12)2)11-27-24(26)23-17(6)15(4)14(3)16(5)18(23)7/h8-10H,11H2,1-7H3. The third-order valence-electron chi connectivity index (χ3n) is 6.01. The fourth-order valence-electron chi connectivity index (χ4n) is 3.62. The monoisotopic (exact) mass is 378 g/mol. The van der Waals surface area contributed by atoms with Gasteiger partial charge in [0, 0.05) is 17.0 Å². The molecule has 0 aliphatic rings. The van der Waals surface area contributed by atoms with E-state index in [1.165, 1.54) is 11.6 Å². The number of rotatable bonds is 3. The minimum absolute atomic E-state index is 0.0221. The predicted molar refractivity (Wildman–Crippen MR) is 111 cm³/mol. The minimum Gasteiger partial charge on any atom is -0.457 e. The number of fused-ring (bicyclic) bond motifs is 1. The Labute approximate surface area is 165 Å². The molecule has 0 radical (unpaired) electrons. The molecule has 1 heterocycles. The molecule has 0 fully saturated rings. The highest BCUT2D eigenvalue weighted by molar-refractivity contribution is 5.94. The quantitative estimate of drug-likeness (QED) is 0.458. The molecule has 0 aliphatic heterocycles. The number of hydrogen-bond acceptors (Lipinski definition) is 4. The van der Waals surface area contributed by atoms with E-state index in [-0.39, 0.29) is 12.6 Å². The Hall–Kier alpha value is -2.88. The Morgan fingerprint density at radius 3 is 1.96 bits per heavy atom. The lowest BCUT2D eigenvalue weighted by molar-refractivity contribution is 0.0472. The molecular formula is C24H26O4. The summed E-state index contributed by atoms with van der Waals surface area (Å²) in [5.41, 5.74) is 8.74. The van der Waals surface area contributed by atoms with E-state index in [2.05, 4.69) is 6.92 Å². The van der Waals surface area contributed by atoms with Gasteiger partial charge < -0.3 is 9.15 Å². The van der Waals surface area contributed by atoms with Gasteiger partial charge in [0.05, 0.1) is 5.56 Å². The van der Waals surface area contributed by atoms with Crippen molar-refractivity contribution in [2.45, 2.75) is 55.1 Å². The van der Waals surface area contributed by atoms with Gasteiger partial charge in [-0.15, -0.1) is 0 Å². The van der Waals surface area contributed by atoms with Crippen molar-refractivity contribution in [3.8, 4) is 0 Å². The average Bonchev–Trinajstić information content (AvgIpc) is 2.64. The second kappa shape index (κ2) is 7.27. The maximum atomic E-state index is 12.9. The minimum atomic E-state index is -0.448. The fraction of sp³-hybridized carbons (Fsp3) is 0.333. The molecule has 3 rings (SSSR count). The number of benzene rings is 2. The van der Waals surface area contributed by atoms with Crippen LogP contribution in [0.4, 0.5) is 0 Å². The summed E-state index contributed by atoms with van der Waals surface area (Å²) in [4.78, 5) is 24.8. The fourth-order valence-corrected chi connectivity index (χ4v) is 3.62. The van der Waals surface area contributed by atoms with E-state index >= 15 is 0 Å². The van der Waals surface area contributed by atoms with Crippen molar-refractivity contribution in [3.05, 3.63) is 78.7 Å². The molecule has 0 atom stereocenters. The molecule has 1 aromatic heterocycles. The Morgan fingerprint density at radius 1 is 0.821 bits per heavy atom. The molecule has 28 heavy (non-hydrogen) atoms. The molecular weight excluding hydrogens is 352 g/mol. The van der Waals surface area contributed by atoms with Gasteiger partial charge in [-0.05, 0) is 99.5 Å². The van der Waals surface area contributed by atoms with Gasteiger partial charge in [-0.3, -0.25) is 0 Å². The van der Waals surface area contributed by atoms with Crippen LogP contribution >= 0.6 is 0 Å². The third-order valence-corrected chi connectivity index (χ3v) is 6.01. The summed E-state index contributed by atoms with van der Waals surface area (Å²) in [5, 5.41) is 0.792. The normalized spacial score (nSPS) is 11.1. The van der Waals surface area contributed by atoms with Gasteiger partial charge in [-0.1, -0.05) is 0 Å². The van der Waals surface area contributed by atoms with Gasteiger partial charge in [0.15, 0.2) is 0 Å². The SMILES string of the molecule is Cc1cc2oc(=O)cc(COC(=O)c3c(C)c(C)c(C)c(C)c3C)c2cc1C. The van der Waals surface area contributed by atoms with Crippen LogP contribution in [0.3, 0.4) is 0 Å². The van der Waals surface area contributed by atoms with E-state index in [0.29, 0.717) is 16.7 Å². The van der Waals surface area contributed by atoms with Crippen LogP contribution < -0.4 is 5.63 Å². The van der Waals surface area contributed by atoms with Gasteiger partial charge in [-0.25, -0.2) is 9.59 Å². The molecule has 3 aromatic rings. The summed E-state index contributed by atoms with van der Waals surface area (Å²) >= 11 is 0. The van der Waals surface area contributed by atoms with Crippen LogP contribution in [0, 0.1) is 48.5 Å². The first-order valence-electron chi connectivity index (χ1n) is 9.39. The predicted octanol–water partition coefficient (Wildman–Crippen LogP) is 5.31. The van der Waals surface area contributed by atoms with Crippen molar-refractivity contribution >= 4 is 16.9 Å². The summed E-state index contributed by atoms with van der Waals surface area (Å²) < 4.78 is 11.0. The molecule has 0 spiro atoms. The molecule has 4 nitrogen and oxygen atoms in total. The summed E-state index contributed by atoms with van der Waals surface area (Å²) in [5.74, 6) is -0.369. The van der Waals surface area contributed by atoms with Crippen LogP contribution in [-0.4, -0.2) is 5.97 Å². The summed E-state index contributed by atoms with van der Waals surface area (Å²) in [6, 6.07) is 5.21. The first-order chi connectivity index (χ1) is 13.1. The van der Waals surface area contributed by atoms with Crippen LogP contribution in [0.5, 0.6) is 0 Å². The molecule has 146 valence electrons. The Morgan fingerprint density at radius 2 is 1.36 bits per heavy atom. The van der Waals surface area contributed by atoms with Crippen molar-refractivity contribution < 1.29 is 13.9 Å². The van der Waals surface area contributed by atoms with Gasteiger partial charge in [-0.2, -0.15) is 0 Å². The van der Waals surface area contributed by atoms with Gasteiger partial charge >= 0.3 is 11.6 Å². The number of hydrogen-bond donors (Lipinski definition) is 0. The zero-order valence-electron chi connectivity index (χ0n) is 17.6. The van der Waals surface area contributed by atoms with E-state index in [9.17, 15) is 9.59 Å². The molecule has 0 saturated carbocycles. The highest BCUT2D eigenvalue weighted by Crippen LogP contribution is 2.27. The van der Waals surface area contributed by atoms with Crippen LogP contribution in [0.25, 0.3) is 11.0 Å². The second-order valence-electron chi connectivity index (χ2n) is 7.60. The van der Waals surface area contributed by atoms with E-state index < -0.39 is 5.63 Å². The van der Waals surface area contributed by atoms with Crippen LogP contribution in [0.15, 0.2) is 27.4 Å². The van der Waals surface area contributed by atoms with Crippen LogP contribution in [0.2, 0.25) is 0 Å². The molecule has 2 aromatic carbocycles. The smallest absolute Gasteiger partial charge is 0.339 e. The largest absolute Gasteiger partial charge is 0.457 e. The van der Waals surface area contributed by atoms with Crippen molar-refractivity contribution in [1.29, 1.82) is 0 Å². The lowest BCUT2D eigenvalue weighted by atomic mass is 9.90. The van der Waals surface area contributed by atoms with Gasteiger partial charge in [0.25, 0.3) is 0 Å². The molecule has 0 bridgehead atoms. The van der Waals surface area contributed by atoms with Crippen LogP contribution in [0.1, 0.15) is 54.9 Å². The number of carbonyl (C=O) groups excluding carboxylic acids is 1. The molecule has 0 unspecified atom stereocenters. The molecule has 0 saturated heterocycles. The van der Waals surface area contributed by atoms with E-state index in [1.54, 1.807) is 0 Å². The Kier molecular flexibility index (Phi) is 5.16. The number of aryl methyl sites for hydroxylation is 2. The number of carbonyl (C=O) groups is 1. The lowest BCUT2D eigenvalue weighted by Crippen LogP contribution is -2.13. The molecule has 0 aliphatic carbocycles. The van der Waals surface area contributed by atoms with Gasteiger partial charge in [0.2, 0.25) is 0 Å². The first kappa shape index (κ1) is 19.9. The Bertz CT molecular complexity index is 1140. The lowest BCUT2D eigenvalue weighted by Gasteiger charge is -2.18. The number of ether oxygens (including phenoxy) is 1. The highest BCUT2D eigenvalue weighted by atomic mass is 16.5. The summed E-state index contributed by atoms with van der Waals surface area (Å²) in [6.45, 7) is 14.0. The number of esters is 1. The summed E-state index contributed by atoms with van der Waals surface area (Å²) in [7, 11) is 0. The van der Waals surface area contributed by atoms with E-state index in [4.69, 9.17) is 9.15 Å². The highest BCUT2D eigenvalue weighted by Gasteiger charge is 2.20. The zero-order valence-corrected chi connectivity index (χ0v) is 17.6. The van der Waals surface area contributed by atoms with Crippen molar-refractivity contribution in [2.24, 2.45) is 0 Å². The first-order valence-corrected chi connectivity index (χ1v) is 9.39. The third kappa shape index (κ3) is 3.35. The molecule has 0 amide bonds. The second-order valence-corrected chi connectivity index (χ2v) is 7.60. The molecule has 4 heteroatoms. The van der Waals surface area contributed by atoms with Crippen molar-refractivity contribution in [1.82, 2.24) is 0 Å². The maximum Gasteiger partial charge on any atom is 0.339 e. The topological polar surface area (TPSA) is 56.5 Å². The van der Waals surface area contributed by atoms with Crippen molar-refractivity contribution in [3.63, 3.8) is 0 Å². The molecule has 0 N–H and O–H groups in total. The maximum absolute atomic E-state index is 12.9. The van der Waals surface area contributed by atoms with Gasteiger partial charge in [0.1, 0.15) is 12.2 Å². The van der Waals surface area contributed by atoms with E-state index in [0.717, 1.165) is 38.8 Å². The Balaban J connectivity index is 1.99. The van der Waals surface area contributed by atoms with E-state index in [1.807, 2.05) is 53.7 Å². The van der Waals surface area contributed by atoms with Crippen molar-refractivity contribution in [2.75, 3.05) is 0 Å². The van der Waals surface area contributed by atoms with Crippen LogP contribution in [-0.2, 0) is 11.3 Å².